The van der Waals surface area contributed by atoms with Gasteiger partial charge in [-0.2, -0.15) is 5.10 Å². The number of methoxy groups -OCH3 is 1. The first kappa shape index (κ1) is 22.9. The Kier molecular flexibility index (Phi) is 6.50. The van der Waals surface area contributed by atoms with E-state index in [2.05, 4.69) is 31.0 Å². The van der Waals surface area contributed by atoms with E-state index in [1.165, 1.54) is 13.2 Å². The normalized spacial score (nSPS) is 10.7. The Morgan fingerprint density at radius 1 is 1.12 bits per heavy atom. The molecule has 0 aliphatic carbocycles. The zero-order chi connectivity index (χ0) is 24.2. The summed E-state index contributed by atoms with van der Waals surface area (Å²) in [5.74, 6) is -2.81. The van der Waals surface area contributed by atoms with Gasteiger partial charge in [-0.1, -0.05) is 17.7 Å². The van der Waals surface area contributed by atoms with Crippen molar-refractivity contribution in [2.45, 2.75) is 6.54 Å². The van der Waals surface area contributed by atoms with E-state index in [0.29, 0.717) is 23.4 Å². The molecule has 0 atom stereocenters. The molecule has 174 valence electrons. The van der Waals surface area contributed by atoms with Gasteiger partial charge in [0.1, 0.15) is 11.4 Å². The van der Waals surface area contributed by atoms with Crippen molar-refractivity contribution < 1.29 is 27.5 Å². The summed E-state index contributed by atoms with van der Waals surface area (Å²) >= 11 is 5.79. The number of rotatable bonds is 7. The average Bonchev–Trinajstić information content (AvgIpc) is 3.50. The third-order valence-corrected chi connectivity index (χ3v) is 4.82. The monoisotopic (exact) mass is 488 g/mol. The molecule has 0 spiro atoms. The standard InChI is InChI=1S/C21H15ClF2N6O4/c1-33-11-4-2-3-10(5-11)21-30-29-18(34-21)9-25-20(32)16-8-17(28-27-16)26-19(31)12-6-14(23)15(24)7-13(12)22/h2-8H,9H2,1H3,(H,25,32)(H2,26,27,28,31). The van der Waals surface area contributed by atoms with Gasteiger partial charge in [-0.05, 0) is 30.3 Å². The molecule has 2 aromatic heterocycles. The van der Waals surface area contributed by atoms with Crippen LogP contribution in [0.3, 0.4) is 0 Å². The first-order chi connectivity index (χ1) is 16.3. The van der Waals surface area contributed by atoms with Crippen molar-refractivity contribution in [1.29, 1.82) is 0 Å². The number of benzene rings is 2. The van der Waals surface area contributed by atoms with Crippen molar-refractivity contribution in [1.82, 2.24) is 25.7 Å². The quantitative estimate of drug-likeness (QED) is 0.338. The van der Waals surface area contributed by atoms with Gasteiger partial charge in [0.15, 0.2) is 17.5 Å². The van der Waals surface area contributed by atoms with E-state index in [1.54, 1.807) is 24.3 Å². The number of ether oxygens (including phenoxy) is 1. The number of nitrogens with one attached hydrogen (secondary N) is 3. The van der Waals surface area contributed by atoms with Crippen molar-refractivity contribution in [3.63, 3.8) is 0 Å². The maximum atomic E-state index is 13.4. The van der Waals surface area contributed by atoms with E-state index in [1.807, 2.05) is 0 Å². The molecule has 0 aliphatic rings. The summed E-state index contributed by atoms with van der Waals surface area (Å²) in [6, 6.07) is 9.64. The lowest BCUT2D eigenvalue weighted by molar-refractivity contribution is 0.0941. The van der Waals surface area contributed by atoms with E-state index in [9.17, 15) is 18.4 Å². The highest BCUT2D eigenvalue weighted by molar-refractivity contribution is 6.34. The number of carbonyl (C=O) groups is 2. The third kappa shape index (κ3) is 5.02. The van der Waals surface area contributed by atoms with Crippen molar-refractivity contribution in [3.8, 4) is 17.2 Å². The zero-order valence-corrected chi connectivity index (χ0v) is 18.1. The molecule has 0 unspecified atom stereocenters. The highest BCUT2D eigenvalue weighted by atomic mass is 35.5. The van der Waals surface area contributed by atoms with Gasteiger partial charge >= 0.3 is 0 Å². The molecule has 4 rings (SSSR count). The van der Waals surface area contributed by atoms with Crippen LogP contribution in [0.4, 0.5) is 14.6 Å². The minimum Gasteiger partial charge on any atom is -0.497 e. The Morgan fingerprint density at radius 2 is 1.91 bits per heavy atom. The maximum absolute atomic E-state index is 13.4. The van der Waals surface area contributed by atoms with Gasteiger partial charge in [-0.3, -0.25) is 14.7 Å². The Bertz CT molecular complexity index is 1370. The van der Waals surface area contributed by atoms with Gasteiger partial charge in [0.2, 0.25) is 11.8 Å². The number of amides is 2. The highest BCUT2D eigenvalue weighted by Gasteiger charge is 2.18. The number of hydrogen-bond donors (Lipinski definition) is 3. The van der Waals surface area contributed by atoms with Crippen LogP contribution < -0.4 is 15.4 Å². The average molecular weight is 489 g/mol. The predicted octanol–water partition coefficient (Wildman–Crippen LogP) is 3.58. The second kappa shape index (κ2) is 9.67. The fraction of sp³-hybridized carbons (Fsp3) is 0.0952. The minimum absolute atomic E-state index is 0.0132. The Hall–Kier alpha value is -4.32. The van der Waals surface area contributed by atoms with Crippen molar-refractivity contribution in [3.05, 3.63) is 76.3 Å². The summed E-state index contributed by atoms with van der Waals surface area (Å²) in [5.41, 5.74) is 0.372. The largest absolute Gasteiger partial charge is 0.497 e. The fourth-order valence-corrected chi connectivity index (χ4v) is 3.07. The summed E-state index contributed by atoms with van der Waals surface area (Å²) in [6.45, 7) is -0.0685. The van der Waals surface area contributed by atoms with Crippen molar-refractivity contribution >= 4 is 29.2 Å². The number of carbonyl (C=O) groups excluding carboxylic acids is 2. The molecular weight excluding hydrogens is 474 g/mol. The van der Waals surface area contributed by atoms with Crippen LogP contribution in [0.2, 0.25) is 5.02 Å². The second-order valence-corrected chi connectivity index (χ2v) is 7.19. The van der Waals surface area contributed by atoms with Crippen LogP contribution in [0.15, 0.2) is 46.9 Å². The number of halogens is 3. The molecule has 0 bridgehead atoms. The molecule has 13 heteroatoms. The van der Waals surface area contributed by atoms with E-state index in [4.69, 9.17) is 20.8 Å². The Balaban J connectivity index is 1.36. The number of anilines is 1. The number of hydrogen-bond acceptors (Lipinski definition) is 7. The molecule has 4 aromatic rings. The van der Waals surface area contributed by atoms with Crippen LogP contribution >= 0.6 is 11.6 Å². The number of aromatic nitrogens is 4. The third-order valence-electron chi connectivity index (χ3n) is 4.50. The van der Waals surface area contributed by atoms with Crippen LogP contribution in [-0.4, -0.2) is 39.3 Å². The molecule has 2 amide bonds. The fourth-order valence-electron chi connectivity index (χ4n) is 2.83. The molecule has 0 fully saturated rings. The summed E-state index contributed by atoms with van der Waals surface area (Å²) in [5, 5.41) is 18.7. The molecule has 3 N–H and O–H groups in total. The first-order valence-corrected chi connectivity index (χ1v) is 9.98. The Morgan fingerprint density at radius 3 is 2.71 bits per heavy atom. The lowest BCUT2D eigenvalue weighted by atomic mass is 10.2. The second-order valence-electron chi connectivity index (χ2n) is 6.78. The number of aromatic amines is 1. The van der Waals surface area contributed by atoms with E-state index < -0.39 is 23.4 Å². The smallest absolute Gasteiger partial charge is 0.269 e. The SMILES string of the molecule is COc1cccc(-c2nnc(CNC(=O)c3cc(NC(=O)c4cc(F)c(F)cc4Cl)n[nH]3)o2)c1. The molecule has 0 saturated heterocycles. The topological polar surface area (TPSA) is 135 Å². The molecular formula is C21H15ClF2N6O4. The van der Waals surface area contributed by atoms with Crippen LogP contribution in [0, 0.1) is 11.6 Å². The van der Waals surface area contributed by atoms with E-state index >= 15 is 0 Å². The number of H-pyrrole nitrogens is 1. The molecule has 0 radical (unpaired) electrons. The van der Waals surface area contributed by atoms with Crippen LogP contribution in [0.25, 0.3) is 11.5 Å². The Labute approximate surface area is 195 Å². The van der Waals surface area contributed by atoms with Gasteiger partial charge in [0.25, 0.3) is 11.8 Å². The zero-order valence-electron chi connectivity index (χ0n) is 17.4. The first-order valence-electron chi connectivity index (χ1n) is 9.60. The van der Waals surface area contributed by atoms with Crippen molar-refractivity contribution in [2.24, 2.45) is 0 Å². The van der Waals surface area contributed by atoms with Gasteiger partial charge in [0.05, 0.1) is 24.2 Å². The van der Waals surface area contributed by atoms with E-state index in [0.717, 1.165) is 0 Å². The summed E-state index contributed by atoms with van der Waals surface area (Å²) in [7, 11) is 1.54. The summed E-state index contributed by atoms with van der Waals surface area (Å²) < 4.78 is 37.3. The molecule has 34 heavy (non-hydrogen) atoms. The maximum Gasteiger partial charge on any atom is 0.269 e. The minimum atomic E-state index is -1.23. The predicted molar refractivity (Wildman–Crippen MR) is 115 cm³/mol. The van der Waals surface area contributed by atoms with Gasteiger partial charge < -0.3 is 19.8 Å². The van der Waals surface area contributed by atoms with Crippen molar-refractivity contribution in [2.75, 3.05) is 12.4 Å². The van der Waals surface area contributed by atoms with Crippen LogP contribution in [-0.2, 0) is 6.54 Å². The molecule has 2 aromatic carbocycles. The van der Waals surface area contributed by atoms with Crippen LogP contribution in [0.5, 0.6) is 5.75 Å². The van der Waals surface area contributed by atoms with E-state index in [-0.39, 0.29) is 40.4 Å². The molecule has 0 saturated carbocycles. The lowest BCUT2D eigenvalue weighted by Gasteiger charge is -2.05. The summed E-state index contributed by atoms with van der Waals surface area (Å²) in [6.07, 6.45) is 0. The molecule has 0 aliphatic heterocycles. The number of nitrogens with zero attached hydrogens (tertiary/aromatic N) is 3. The summed E-state index contributed by atoms with van der Waals surface area (Å²) in [4.78, 5) is 24.6. The van der Waals surface area contributed by atoms with Gasteiger partial charge in [-0.25, -0.2) is 8.78 Å². The lowest BCUT2D eigenvalue weighted by Crippen LogP contribution is -2.23. The molecule has 2 heterocycles. The van der Waals surface area contributed by atoms with Crippen LogP contribution in [0.1, 0.15) is 26.7 Å². The van der Waals surface area contributed by atoms with Gasteiger partial charge in [0, 0.05) is 11.6 Å². The highest BCUT2D eigenvalue weighted by Crippen LogP contribution is 2.23. The van der Waals surface area contributed by atoms with Gasteiger partial charge in [-0.15, -0.1) is 10.2 Å². The molecule has 10 nitrogen and oxygen atoms in total.